The standard InChI is InChI=1S/C23H27N3O4/c1-3-30-20(27)18-9-6-12-25(14-18)15-26-21(28)23(2,24-22(26)29)19-11-10-16-7-4-5-8-17(16)13-19/h4-5,7-8,10-11,13,18H,3,6,9,12,14-15H2,1-2H3,(H,24,29)/t18-,23-/m1/s1. The van der Waals surface area contributed by atoms with Gasteiger partial charge < -0.3 is 10.1 Å². The molecule has 2 fully saturated rings. The fourth-order valence-corrected chi connectivity index (χ4v) is 4.36. The van der Waals surface area contributed by atoms with Gasteiger partial charge in [-0.25, -0.2) is 9.69 Å². The molecule has 2 saturated heterocycles. The topological polar surface area (TPSA) is 79.0 Å². The fraction of sp³-hybridized carbons (Fsp3) is 0.435. The number of carbonyl (C=O) groups is 3. The van der Waals surface area contributed by atoms with Crippen LogP contribution in [0.3, 0.4) is 0 Å². The summed E-state index contributed by atoms with van der Waals surface area (Å²) in [4.78, 5) is 41.3. The molecule has 2 aliphatic heterocycles. The number of nitrogens with zero attached hydrogens (tertiary/aromatic N) is 2. The number of benzene rings is 2. The van der Waals surface area contributed by atoms with E-state index in [0.29, 0.717) is 13.2 Å². The summed E-state index contributed by atoms with van der Waals surface area (Å²) in [6, 6.07) is 13.3. The van der Waals surface area contributed by atoms with E-state index < -0.39 is 11.6 Å². The van der Waals surface area contributed by atoms with Crippen molar-refractivity contribution in [3.63, 3.8) is 0 Å². The van der Waals surface area contributed by atoms with E-state index >= 15 is 0 Å². The number of hydrogen-bond acceptors (Lipinski definition) is 5. The van der Waals surface area contributed by atoms with Gasteiger partial charge in [-0.1, -0.05) is 36.4 Å². The zero-order valence-electron chi connectivity index (χ0n) is 17.4. The van der Waals surface area contributed by atoms with Crippen molar-refractivity contribution in [1.82, 2.24) is 15.1 Å². The summed E-state index contributed by atoms with van der Waals surface area (Å²) >= 11 is 0. The van der Waals surface area contributed by atoms with Gasteiger partial charge in [0.25, 0.3) is 5.91 Å². The van der Waals surface area contributed by atoms with Crippen LogP contribution in [-0.2, 0) is 19.9 Å². The van der Waals surface area contributed by atoms with Crippen molar-refractivity contribution in [1.29, 1.82) is 0 Å². The summed E-state index contributed by atoms with van der Waals surface area (Å²) in [5.74, 6) is -0.701. The van der Waals surface area contributed by atoms with Crippen LogP contribution >= 0.6 is 0 Å². The average molecular weight is 409 g/mol. The Morgan fingerprint density at radius 2 is 1.97 bits per heavy atom. The Hall–Kier alpha value is -2.93. The van der Waals surface area contributed by atoms with E-state index in [1.165, 1.54) is 4.90 Å². The first-order chi connectivity index (χ1) is 14.4. The van der Waals surface area contributed by atoms with Crippen molar-refractivity contribution in [3.8, 4) is 0 Å². The number of fused-ring (bicyclic) bond motifs is 1. The van der Waals surface area contributed by atoms with Gasteiger partial charge in [-0.2, -0.15) is 0 Å². The van der Waals surface area contributed by atoms with Crippen LogP contribution in [0.5, 0.6) is 0 Å². The molecule has 0 radical (unpaired) electrons. The Labute approximate surface area is 176 Å². The van der Waals surface area contributed by atoms with Crippen LogP contribution in [0.15, 0.2) is 42.5 Å². The third kappa shape index (κ3) is 3.65. The quantitative estimate of drug-likeness (QED) is 0.607. The van der Waals surface area contributed by atoms with E-state index in [1.807, 2.05) is 47.4 Å². The Morgan fingerprint density at radius 1 is 1.20 bits per heavy atom. The largest absolute Gasteiger partial charge is 0.466 e. The molecule has 0 bridgehead atoms. The van der Waals surface area contributed by atoms with Crippen LogP contribution < -0.4 is 5.32 Å². The molecule has 0 aromatic heterocycles. The summed E-state index contributed by atoms with van der Waals surface area (Å²) in [6.07, 6.45) is 1.60. The second-order valence-electron chi connectivity index (χ2n) is 8.16. The first-order valence-electron chi connectivity index (χ1n) is 10.4. The summed E-state index contributed by atoms with van der Waals surface area (Å²) in [7, 11) is 0. The van der Waals surface area contributed by atoms with Crippen LogP contribution in [-0.4, -0.2) is 54.1 Å². The number of hydrogen-bond donors (Lipinski definition) is 1. The lowest BCUT2D eigenvalue weighted by Gasteiger charge is -2.33. The lowest BCUT2D eigenvalue weighted by atomic mass is 9.90. The van der Waals surface area contributed by atoms with Gasteiger partial charge in [0.15, 0.2) is 0 Å². The number of urea groups is 1. The zero-order valence-corrected chi connectivity index (χ0v) is 17.4. The number of amides is 3. The number of piperidine rings is 1. The molecule has 2 aromatic carbocycles. The molecule has 3 amide bonds. The molecule has 0 unspecified atom stereocenters. The second kappa shape index (κ2) is 8.07. The van der Waals surface area contributed by atoms with Crippen molar-refractivity contribution >= 4 is 28.7 Å². The fourth-order valence-electron chi connectivity index (χ4n) is 4.36. The Kier molecular flexibility index (Phi) is 5.47. The molecule has 0 saturated carbocycles. The normalized spacial score (nSPS) is 24.9. The summed E-state index contributed by atoms with van der Waals surface area (Å²) in [5.41, 5.74) is -0.359. The van der Waals surface area contributed by atoms with Crippen molar-refractivity contribution < 1.29 is 19.1 Å². The molecule has 158 valence electrons. The van der Waals surface area contributed by atoms with E-state index in [2.05, 4.69) is 5.32 Å². The molecule has 2 heterocycles. The molecular formula is C23H27N3O4. The van der Waals surface area contributed by atoms with Gasteiger partial charge in [0.05, 0.1) is 19.2 Å². The number of rotatable bonds is 5. The molecule has 1 N–H and O–H groups in total. The molecule has 2 atom stereocenters. The molecule has 0 spiro atoms. The molecule has 2 aromatic rings. The van der Waals surface area contributed by atoms with E-state index in [-0.39, 0.29) is 24.5 Å². The van der Waals surface area contributed by atoms with Crippen LogP contribution in [0.2, 0.25) is 0 Å². The number of ether oxygens (including phenoxy) is 1. The Morgan fingerprint density at radius 3 is 2.73 bits per heavy atom. The van der Waals surface area contributed by atoms with Gasteiger partial charge >= 0.3 is 12.0 Å². The van der Waals surface area contributed by atoms with E-state index in [9.17, 15) is 14.4 Å². The SMILES string of the molecule is CCOC(=O)[C@@H]1CCCN(CN2C(=O)N[C@](C)(c3ccc4ccccc4c3)C2=O)C1. The summed E-state index contributed by atoms with van der Waals surface area (Å²) in [6.45, 7) is 5.28. The molecule has 30 heavy (non-hydrogen) atoms. The Balaban J connectivity index is 1.51. The highest BCUT2D eigenvalue weighted by Crippen LogP contribution is 2.31. The van der Waals surface area contributed by atoms with Crippen molar-refractivity contribution in [2.45, 2.75) is 32.2 Å². The predicted octanol–water partition coefficient (Wildman–Crippen LogP) is 2.84. The minimum Gasteiger partial charge on any atom is -0.466 e. The van der Waals surface area contributed by atoms with E-state index in [1.54, 1.807) is 13.8 Å². The molecule has 4 rings (SSSR count). The van der Waals surface area contributed by atoms with Gasteiger partial charge in [-0.3, -0.25) is 14.5 Å². The van der Waals surface area contributed by atoms with Gasteiger partial charge in [0.2, 0.25) is 0 Å². The Bertz CT molecular complexity index is 991. The zero-order chi connectivity index (χ0) is 21.3. The third-order valence-corrected chi connectivity index (χ3v) is 6.07. The minimum absolute atomic E-state index is 0.170. The van der Waals surface area contributed by atoms with Crippen molar-refractivity contribution in [2.24, 2.45) is 5.92 Å². The highest BCUT2D eigenvalue weighted by atomic mass is 16.5. The average Bonchev–Trinajstić information content (AvgIpc) is 2.97. The van der Waals surface area contributed by atoms with E-state index in [4.69, 9.17) is 4.74 Å². The summed E-state index contributed by atoms with van der Waals surface area (Å²) < 4.78 is 5.14. The lowest BCUT2D eigenvalue weighted by Crippen LogP contribution is -2.48. The monoisotopic (exact) mass is 409 g/mol. The van der Waals surface area contributed by atoms with Crippen LogP contribution in [0.1, 0.15) is 32.3 Å². The minimum atomic E-state index is -1.11. The van der Waals surface area contributed by atoms with Gasteiger partial charge in [0.1, 0.15) is 5.54 Å². The molecule has 0 aliphatic carbocycles. The number of imide groups is 1. The number of nitrogens with one attached hydrogen (secondary N) is 1. The van der Waals surface area contributed by atoms with Crippen LogP contribution in [0.4, 0.5) is 4.79 Å². The number of esters is 1. The first-order valence-corrected chi connectivity index (χ1v) is 10.4. The molecule has 7 nitrogen and oxygen atoms in total. The predicted molar refractivity (Wildman–Crippen MR) is 112 cm³/mol. The van der Waals surface area contributed by atoms with Crippen molar-refractivity contribution in [3.05, 3.63) is 48.0 Å². The van der Waals surface area contributed by atoms with Crippen molar-refractivity contribution in [2.75, 3.05) is 26.4 Å². The number of carbonyl (C=O) groups excluding carboxylic acids is 3. The van der Waals surface area contributed by atoms with Gasteiger partial charge in [0, 0.05) is 6.54 Å². The molecule has 7 heteroatoms. The smallest absolute Gasteiger partial charge is 0.326 e. The maximum Gasteiger partial charge on any atom is 0.326 e. The molecular weight excluding hydrogens is 382 g/mol. The number of likely N-dealkylation sites (tertiary alicyclic amines) is 1. The maximum atomic E-state index is 13.3. The van der Waals surface area contributed by atoms with Gasteiger partial charge in [-0.15, -0.1) is 0 Å². The lowest BCUT2D eigenvalue weighted by molar-refractivity contribution is -0.150. The third-order valence-electron chi connectivity index (χ3n) is 6.07. The maximum absolute atomic E-state index is 13.3. The van der Waals surface area contributed by atoms with Crippen LogP contribution in [0, 0.1) is 5.92 Å². The molecule has 2 aliphatic rings. The van der Waals surface area contributed by atoms with E-state index in [0.717, 1.165) is 35.7 Å². The van der Waals surface area contributed by atoms with Crippen LogP contribution in [0.25, 0.3) is 10.8 Å². The highest BCUT2D eigenvalue weighted by molar-refractivity contribution is 6.07. The van der Waals surface area contributed by atoms with Gasteiger partial charge in [-0.05, 0) is 55.6 Å². The highest BCUT2D eigenvalue weighted by Gasteiger charge is 2.49. The second-order valence-corrected chi connectivity index (χ2v) is 8.16. The summed E-state index contributed by atoms with van der Waals surface area (Å²) in [5, 5.41) is 4.97. The first kappa shape index (κ1) is 20.3.